The monoisotopic (exact) mass is 221 g/mol. The lowest BCUT2D eigenvalue weighted by Crippen LogP contribution is -2.33. The first-order valence-electron chi connectivity index (χ1n) is 5.89. The summed E-state index contributed by atoms with van der Waals surface area (Å²) in [4.78, 5) is 10.7. The summed E-state index contributed by atoms with van der Waals surface area (Å²) in [6.07, 6.45) is 5.71. The van der Waals surface area contributed by atoms with E-state index in [2.05, 4.69) is 20.2 Å². The highest BCUT2D eigenvalue weighted by atomic mass is 15.2. The van der Waals surface area contributed by atoms with E-state index in [4.69, 9.17) is 5.73 Å². The van der Waals surface area contributed by atoms with Gasteiger partial charge in [0.2, 0.25) is 5.95 Å². The number of rotatable bonds is 4. The van der Waals surface area contributed by atoms with Gasteiger partial charge in [-0.1, -0.05) is 6.42 Å². The van der Waals surface area contributed by atoms with Crippen molar-refractivity contribution in [2.45, 2.75) is 19.3 Å². The third-order valence-electron chi connectivity index (χ3n) is 2.84. The molecule has 5 nitrogen and oxygen atoms in total. The Bertz CT molecular complexity index is 322. The van der Waals surface area contributed by atoms with Crippen molar-refractivity contribution in [1.29, 1.82) is 0 Å². The summed E-state index contributed by atoms with van der Waals surface area (Å²) in [5.41, 5.74) is 5.57. The number of nitrogens with two attached hydrogens (primary N) is 1. The van der Waals surface area contributed by atoms with Crippen LogP contribution < -0.4 is 11.1 Å². The zero-order valence-corrected chi connectivity index (χ0v) is 9.52. The van der Waals surface area contributed by atoms with Crippen molar-refractivity contribution in [3.05, 3.63) is 12.3 Å². The summed E-state index contributed by atoms with van der Waals surface area (Å²) in [6.45, 7) is 4.38. The summed E-state index contributed by atoms with van der Waals surface area (Å²) in [5, 5.41) is 3.19. The fourth-order valence-corrected chi connectivity index (χ4v) is 1.97. The number of aromatic nitrogens is 2. The van der Waals surface area contributed by atoms with E-state index < -0.39 is 0 Å². The molecule has 0 aliphatic carbocycles. The van der Waals surface area contributed by atoms with E-state index in [9.17, 15) is 0 Å². The quantitative estimate of drug-likeness (QED) is 0.792. The molecule has 2 heterocycles. The van der Waals surface area contributed by atoms with Crippen LogP contribution in [0.2, 0.25) is 0 Å². The summed E-state index contributed by atoms with van der Waals surface area (Å²) in [5.74, 6) is 1.13. The van der Waals surface area contributed by atoms with Gasteiger partial charge in [-0.05, 0) is 32.0 Å². The molecule has 0 saturated carbocycles. The molecular weight excluding hydrogens is 202 g/mol. The van der Waals surface area contributed by atoms with Crippen LogP contribution in [0.1, 0.15) is 19.3 Å². The highest BCUT2D eigenvalue weighted by Crippen LogP contribution is 2.08. The van der Waals surface area contributed by atoms with E-state index in [1.807, 2.05) is 0 Å². The van der Waals surface area contributed by atoms with Crippen LogP contribution in [0.5, 0.6) is 0 Å². The number of nitrogens with one attached hydrogen (secondary N) is 1. The van der Waals surface area contributed by atoms with Crippen LogP contribution in [0.25, 0.3) is 0 Å². The van der Waals surface area contributed by atoms with Gasteiger partial charge in [0, 0.05) is 19.3 Å². The molecule has 0 spiro atoms. The summed E-state index contributed by atoms with van der Waals surface area (Å²) in [7, 11) is 0. The van der Waals surface area contributed by atoms with Crippen LogP contribution in [0.4, 0.5) is 11.8 Å². The van der Waals surface area contributed by atoms with Crippen LogP contribution in [0.3, 0.4) is 0 Å². The molecule has 0 amide bonds. The highest BCUT2D eigenvalue weighted by molar-refractivity contribution is 5.34. The van der Waals surface area contributed by atoms with E-state index in [1.165, 1.54) is 32.4 Å². The standard InChI is InChI=1S/C11H19N5/c12-10-4-5-13-11(15-10)14-6-9-16-7-2-1-3-8-16/h4-5H,1-3,6-9H2,(H3,12,13,14,15). The van der Waals surface area contributed by atoms with Gasteiger partial charge >= 0.3 is 0 Å². The van der Waals surface area contributed by atoms with Gasteiger partial charge in [-0.25, -0.2) is 4.98 Å². The highest BCUT2D eigenvalue weighted by Gasteiger charge is 2.08. The maximum absolute atomic E-state index is 5.57. The zero-order chi connectivity index (χ0) is 11.2. The van der Waals surface area contributed by atoms with E-state index in [0.717, 1.165) is 13.1 Å². The summed E-state index contributed by atoms with van der Waals surface area (Å²) >= 11 is 0. The minimum atomic E-state index is 0.510. The third kappa shape index (κ3) is 3.34. The molecule has 1 aromatic rings. The first kappa shape index (κ1) is 11.1. The van der Waals surface area contributed by atoms with E-state index in [-0.39, 0.29) is 0 Å². The van der Waals surface area contributed by atoms with Gasteiger partial charge in [0.25, 0.3) is 0 Å². The van der Waals surface area contributed by atoms with Crippen molar-refractivity contribution in [1.82, 2.24) is 14.9 Å². The number of nitrogen functional groups attached to an aromatic ring is 1. The Hall–Kier alpha value is -1.36. The van der Waals surface area contributed by atoms with Crippen molar-refractivity contribution in [3.8, 4) is 0 Å². The molecule has 5 heteroatoms. The maximum atomic E-state index is 5.57. The van der Waals surface area contributed by atoms with E-state index >= 15 is 0 Å². The molecule has 1 fully saturated rings. The minimum Gasteiger partial charge on any atom is -0.384 e. The largest absolute Gasteiger partial charge is 0.384 e. The second-order valence-electron chi connectivity index (χ2n) is 4.13. The van der Waals surface area contributed by atoms with E-state index in [1.54, 1.807) is 12.3 Å². The molecule has 0 bridgehead atoms. The molecule has 88 valence electrons. The molecule has 0 radical (unpaired) electrons. The van der Waals surface area contributed by atoms with Crippen molar-refractivity contribution in [2.24, 2.45) is 0 Å². The topological polar surface area (TPSA) is 67.1 Å². The van der Waals surface area contributed by atoms with Gasteiger partial charge in [-0.2, -0.15) is 4.98 Å². The lowest BCUT2D eigenvalue weighted by molar-refractivity contribution is 0.237. The van der Waals surface area contributed by atoms with Gasteiger partial charge in [0.15, 0.2) is 0 Å². The number of anilines is 2. The van der Waals surface area contributed by atoms with Crippen molar-refractivity contribution in [2.75, 3.05) is 37.2 Å². The van der Waals surface area contributed by atoms with Gasteiger partial charge < -0.3 is 16.0 Å². The molecule has 1 aliphatic rings. The Morgan fingerprint density at radius 3 is 2.88 bits per heavy atom. The minimum absolute atomic E-state index is 0.510. The Morgan fingerprint density at radius 1 is 1.31 bits per heavy atom. The molecule has 0 unspecified atom stereocenters. The lowest BCUT2D eigenvalue weighted by Gasteiger charge is -2.26. The van der Waals surface area contributed by atoms with Gasteiger partial charge in [0.05, 0.1) is 0 Å². The van der Waals surface area contributed by atoms with E-state index in [0.29, 0.717) is 11.8 Å². The van der Waals surface area contributed by atoms with Crippen molar-refractivity contribution in [3.63, 3.8) is 0 Å². The van der Waals surface area contributed by atoms with Crippen LogP contribution in [-0.4, -0.2) is 41.0 Å². The second kappa shape index (κ2) is 5.65. The number of piperidine rings is 1. The Kier molecular flexibility index (Phi) is 3.93. The molecule has 16 heavy (non-hydrogen) atoms. The number of nitrogens with zero attached hydrogens (tertiary/aromatic N) is 3. The smallest absolute Gasteiger partial charge is 0.224 e. The Morgan fingerprint density at radius 2 is 2.12 bits per heavy atom. The summed E-state index contributed by atoms with van der Waals surface area (Å²) in [6, 6.07) is 1.69. The van der Waals surface area contributed by atoms with Gasteiger partial charge in [-0.3, -0.25) is 0 Å². The molecule has 1 aromatic heterocycles. The Labute approximate surface area is 96.1 Å². The van der Waals surface area contributed by atoms with Crippen molar-refractivity contribution >= 4 is 11.8 Å². The lowest BCUT2D eigenvalue weighted by atomic mass is 10.1. The van der Waals surface area contributed by atoms with Crippen molar-refractivity contribution < 1.29 is 0 Å². The maximum Gasteiger partial charge on any atom is 0.224 e. The number of likely N-dealkylation sites (tertiary alicyclic amines) is 1. The Balaban J connectivity index is 1.71. The number of hydrogen-bond acceptors (Lipinski definition) is 5. The van der Waals surface area contributed by atoms with Crippen LogP contribution >= 0.6 is 0 Å². The average molecular weight is 221 g/mol. The molecule has 1 saturated heterocycles. The molecule has 0 atom stereocenters. The third-order valence-corrected chi connectivity index (χ3v) is 2.84. The normalized spacial score (nSPS) is 17.2. The molecule has 1 aliphatic heterocycles. The first-order chi connectivity index (χ1) is 7.84. The van der Waals surface area contributed by atoms with Crippen LogP contribution in [0.15, 0.2) is 12.3 Å². The first-order valence-corrected chi connectivity index (χ1v) is 5.89. The average Bonchev–Trinajstić information content (AvgIpc) is 2.30. The van der Waals surface area contributed by atoms with Gasteiger partial charge in [-0.15, -0.1) is 0 Å². The van der Waals surface area contributed by atoms with Crippen LogP contribution in [-0.2, 0) is 0 Å². The molecule has 3 N–H and O–H groups in total. The molecule has 2 rings (SSSR count). The predicted octanol–water partition coefficient (Wildman–Crippen LogP) is 0.957. The second-order valence-corrected chi connectivity index (χ2v) is 4.13. The molecular formula is C11H19N5. The SMILES string of the molecule is Nc1ccnc(NCCN2CCCCC2)n1. The summed E-state index contributed by atoms with van der Waals surface area (Å²) < 4.78 is 0. The fourth-order valence-electron chi connectivity index (χ4n) is 1.97. The zero-order valence-electron chi connectivity index (χ0n) is 9.52. The number of hydrogen-bond donors (Lipinski definition) is 2. The van der Waals surface area contributed by atoms with Crippen LogP contribution in [0, 0.1) is 0 Å². The predicted molar refractivity (Wildman–Crippen MR) is 65.2 cm³/mol. The molecule has 0 aromatic carbocycles. The fraction of sp³-hybridized carbons (Fsp3) is 0.636. The van der Waals surface area contributed by atoms with Gasteiger partial charge in [0.1, 0.15) is 5.82 Å².